The van der Waals surface area contributed by atoms with Crippen LogP contribution in [0.3, 0.4) is 0 Å². The van der Waals surface area contributed by atoms with E-state index in [1.54, 1.807) is 0 Å². The van der Waals surface area contributed by atoms with E-state index in [9.17, 15) is 4.79 Å². The SMILES string of the molecule is CC(CO)CN(CCN(C)C)CC(=O)O. The van der Waals surface area contributed by atoms with Crippen LogP contribution in [0.5, 0.6) is 0 Å². The molecule has 0 heterocycles. The maximum Gasteiger partial charge on any atom is 0.317 e. The van der Waals surface area contributed by atoms with Gasteiger partial charge < -0.3 is 15.1 Å². The number of hydrogen-bond acceptors (Lipinski definition) is 4. The molecule has 0 bridgehead atoms. The predicted molar refractivity (Wildman–Crippen MR) is 58.9 cm³/mol. The van der Waals surface area contributed by atoms with E-state index in [2.05, 4.69) is 0 Å². The summed E-state index contributed by atoms with van der Waals surface area (Å²) in [6.45, 7) is 4.20. The van der Waals surface area contributed by atoms with Crippen molar-refractivity contribution in [2.24, 2.45) is 5.92 Å². The number of aliphatic hydroxyl groups is 1. The summed E-state index contributed by atoms with van der Waals surface area (Å²) in [6.07, 6.45) is 0. The van der Waals surface area contributed by atoms with Gasteiger partial charge in [0.2, 0.25) is 0 Å². The van der Waals surface area contributed by atoms with Crippen molar-refractivity contribution in [2.75, 3.05) is 46.9 Å². The fraction of sp³-hybridized carbons (Fsp3) is 0.900. The Balaban J connectivity index is 4.00. The first-order valence-electron chi connectivity index (χ1n) is 5.15. The molecule has 0 aromatic heterocycles. The van der Waals surface area contributed by atoms with Crippen molar-refractivity contribution in [1.82, 2.24) is 9.80 Å². The van der Waals surface area contributed by atoms with Crippen molar-refractivity contribution >= 4 is 5.97 Å². The molecule has 1 atom stereocenters. The molecule has 5 nitrogen and oxygen atoms in total. The summed E-state index contributed by atoms with van der Waals surface area (Å²) < 4.78 is 0. The molecule has 0 fully saturated rings. The Morgan fingerprint density at radius 1 is 1.33 bits per heavy atom. The van der Waals surface area contributed by atoms with Gasteiger partial charge >= 0.3 is 5.97 Å². The fourth-order valence-electron chi connectivity index (χ4n) is 1.27. The van der Waals surface area contributed by atoms with E-state index in [0.717, 1.165) is 6.54 Å². The Hall–Kier alpha value is -0.650. The summed E-state index contributed by atoms with van der Waals surface area (Å²) in [5, 5.41) is 17.6. The minimum absolute atomic E-state index is 0.0399. The van der Waals surface area contributed by atoms with Gasteiger partial charge in [-0.1, -0.05) is 6.92 Å². The van der Waals surface area contributed by atoms with E-state index >= 15 is 0 Å². The van der Waals surface area contributed by atoms with E-state index < -0.39 is 5.97 Å². The van der Waals surface area contributed by atoms with Gasteiger partial charge in [-0.25, -0.2) is 0 Å². The van der Waals surface area contributed by atoms with E-state index in [-0.39, 0.29) is 19.1 Å². The third-order valence-electron chi connectivity index (χ3n) is 2.10. The molecule has 0 saturated heterocycles. The van der Waals surface area contributed by atoms with Crippen LogP contribution in [-0.2, 0) is 4.79 Å². The molecule has 0 rings (SSSR count). The highest BCUT2D eigenvalue weighted by Gasteiger charge is 2.12. The van der Waals surface area contributed by atoms with Crippen molar-refractivity contribution in [3.05, 3.63) is 0 Å². The molecule has 0 aromatic carbocycles. The molecule has 5 heteroatoms. The summed E-state index contributed by atoms with van der Waals surface area (Å²) in [6, 6.07) is 0. The molecule has 0 saturated carbocycles. The maximum atomic E-state index is 10.6. The van der Waals surface area contributed by atoms with Crippen LogP contribution in [0.4, 0.5) is 0 Å². The lowest BCUT2D eigenvalue weighted by Crippen LogP contribution is -2.38. The monoisotopic (exact) mass is 218 g/mol. The van der Waals surface area contributed by atoms with Crippen molar-refractivity contribution in [2.45, 2.75) is 6.92 Å². The average Bonchev–Trinajstić information content (AvgIpc) is 2.13. The molecule has 0 spiro atoms. The molecule has 0 aliphatic carbocycles. The van der Waals surface area contributed by atoms with Gasteiger partial charge in [0, 0.05) is 26.2 Å². The first-order valence-corrected chi connectivity index (χ1v) is 5.15. The number of carboxylic acids is 1. The molecule has 0 aliphatic heterocycles. The molecule has 0 aromatic rings. The van der Waals surface area contributed by atoms with E-state index in [4.69, 9.17) is 10.2 Å². The second kappa shape index (κ2) is 7.62. The lowest BCUT2D eigenvalue weighted by atomic mass is 10.2. The number of hydrogen-bond donors (Lipinski definition) is 2. The van der Waals surface area contributed by atoms with Crippen LogP contribution in [0.25, 0.3) is 0 Å². The van der Waals surface area contributed by atoms with Crippen molar-refractivity contribution in [1.29, 1.82) is 0 Å². The Labute approximate surface area is 91.3 Å². The van der Waals surface area contributed by atoms with Crippen LogP contribution in [0.1, 0.15) is 6.92 Å². The predicted octanol–water partition coefficient (Wildman–Crippen LogP) is -0.437. The highest BCUT2D eigenvalue weighted by Crippen LogP contribution is 1.99. The van der Waals surface area contributed by atoms with Crippen molar-refractivity contribution in [3.63, 3.8) is 0 Å². The van der Waals surface area contributed by atoms with Gasteiger partial charge in [0.25, 0.3) is 0 Å². The minimum atomic E-state index is -0.820. The van der Waals surface area contributed by atoms with Gasteiger partial charge in [0.1, 0.15) is 0 Å². The van der Waals surface area contributed by atoms with Crippen LogP contribution in [0.15, 0.2) is 0 Å². The Morgan fingerprint density at radius 2 is 1.93 bits per heavy atom. The molecule has 15 heavy (non-hydrogen) atoms. The number of carbonyl (C=O) groups is 1. The number of aliphatic hydroxyl groups excluding tert-OH is 1. The van der Waals surface area contributed by atoms with Gasteiger partial charge in [0.05, 0.1) is 6.54 Å². The Kier molecular flexibility index (Phi) is 7.29. The standard InChI is InChI=1S/C10H22N2O3/c1-9(8-13)6-12(7-10(14)15)5-4-11(2)3/h9,13H,4-8H2,1-3H3,(H,14,15). The maximum absolute atomic E-state index is 10.6. The number of nitrogens with zero attached hydrogens (tertiary/aromatic N) is 2. The molecule has 0 radical (unpaired) electrons. The van der Waals surface area contributed by atoms with Crippen LogP contribution in [0, 0.1) is 5.92 Å². The quantitative estimate of drug-likeness (QED) is 0.578. The summed E-state index contributed by atoms with van der Waals surface area (Å²) in [5.41, 5.74) is 0. The van der Waals surface area contributed by atoms with Crippen LogP contribution in [-0.4, -0.2) is 72.9 Å². The fourth-order valence-corrected chi connectivity index (χ4v) is 1.27. The van der Waals surface area contributed by atoms with Crippen LogP contribution >= 0.6 is 0 Å². The van der Waals surface area contributed by atoms with Gasteiger partial charge in [-0.3, -0.25) is 9.69 Å². The van der Waals surface area contributed by atoms with Crippen LogP contribution < -0.4 is 0 Å². The van der Waals surface area contributed by atoms with Crippen LogP contribution in [0.2, 0.25) is 0 Å². The largest absolute Gasteiger partial charge is 0.480 e. The Morgan fingerprint density at radius 3 is 2.33 bits per heavy atom. The molecule has 0 aliphatic rings. The molecular formula is C10H22N2O3. The van der Waals surface area contributed by atoms with E-state index in [1.165, 1.54) is 0 Å². The van der Waals surface area contributed by atoms with E-state index in [1.807, 2.05) is 30.8 Å². The summed E-state index contributed by atoms with van der Waals surface area (Å²) >= 11 is 0. The lowest BCUT2D eigenvalue weighted by Gasteiger charge is -2.24. The summed E-state index contributed by atoms with van der Waals surface area (Å²) in [5.74, 6) is -0.703. The smallest absolute Gasteiger partial charge is 0.317 e. The zero-order chi connectivity index (χ0) is 11.8. The lowest BCUT2D eigenvalue weighted by molar-refractivity contribution is -0.138. The van der Waals surface area contributed by atoms with Gasteiger partial charge in [0.15, 0.2) is 0 Å². The first-order chi connectivity index (χ1) is 6.95. The molecule has 2 N–H and O–H groups in total. The number of rotatable bonds is 8. The second-order valence-corrected chi connectivity index (χ2v) is 4.22. The van der Waals surface area contributed by atoms with Crippen molar-refractivity contribution < 1.29 is 15.0 Å². The third kappa shape index (κ3) is 8.35. The van der Waals surface area contributed by atoms with Crippen molar-refractivity contribution in [3.8, 4) is 0 Å². The number of likely N-dealkylation sites (N-methyl/N-ethyl adjacent to an activating group) is 1. The average molecular weight is 218 g/mol. The number of aliphatic carboxylic acids is 1. The molecule has 0 amide bonds. The zero-order valence-electron chi connectivity index (χ0n) is 9.81. The summed E-state index contributed by atoms with van der Waals surface area (Å²) in [4.78, 5) is 14.5. The second-order valence-electron chi connectivity index (χ2n) is 4.22. The number of carboxylic acid groups (broad SMARTS) is 1. The Bertz CT molecular complexity index is 186. The zero-order valence-corrected chi connectivity index (χ0v) is 9.81. The van der Waals surface area contributed by atoms with Gasteiger partial charge in [-0.2, -0.15) is 0 Å². The highest BCUT2D eigenvalue weighted by molar-refractivity contribution is 5.69. The summed E-state index contributed by atoms with van der Waals surface area (Å²) in [7, 11) is 3.91. The molecule has 1 unspecified atom stereocenters. The van der Waals surface area contributed by atoms with E-state index in [0.29, 0.717) is 13.1 Å². The normalized spacial score (nSPS) is 13.5. The molecule has 90 valence electrons. The highest BCUT2D eigenvalue weighted by atomic mass is 16.4. The first kappa shape index (κ1) is 14.3. The minimum Gasteiger partial charge on any atom is -0.480 e. The molecular weight excluding hydrogens is 196 g/mol. The third-order valence-corrected chi connectivity index (χ3v) is 2.10. The van der Waals surface area contributed by atoms with Gasteiger partial charge in [-0.15, -0.1) is 0 Å². The van der Waals surface area contributed by atoms with Gasteiger partial charge in [-0.05, 0) is 20.0 Å². The topological polar surface area (TPSA) is 64.0 Å².